The molecule has 0 aliphatic rings. The predicted molar refractivity (Wildman–Crippen MR) is 79.2 cm³/mol. The highest BCUT2D eigenvalue weighted by atomic mass is 16.6. The molecule has 1 aromatic heterocycles. The molecular formula is C14H14N4O3. The number of anilines is 2. The van der Waals surface area contributed by atoms with E-state index in [1.54, 1.807) is 6.07 Å². The van der Waals surface area contributed by atoms with Gasteiger partial charge in [0.05, 0.1) is 4.92 Å². The number of nitro groups is 1. The molecule has 3 N–H and O–H groups in total. The molecule has 108 valence electrons. The van der Waals surface area contributed by atoms with Crippen molar-refractivity contribution in [3.8, 4) is 0 Å². The summed E-state index contributed by atoms with van der Waals surface area (Å²) in [6.45, 7) is 3.72. The summed E-state index contributed by atoms with van der Waals surface area (Å²) in [5, 5.41) is 13.3. The Morgan fingerprint density at radius 2 is 2.00 bits per heavy atom. The molecule has 0 saturated heterocycles. The van der Waals surface area contributed by atoms with Crippen LogP contribution in [0.25, 0.3) is 0 Å². The van der Waals surface area contributed by atoms with Crippen molar-refractivity contribution in [2.24, 2.45) is 0 Å². The van der Waals surface area contributed by atoms with Gasteiger partial charge in [-0.1, -0.05) is 0 Å². The lowest BCUT2D eigenvalue weighted by molar-refractivity contribution is -0.383. The third-order valence-electron chi connectivity index (χ3n) is 2.83. The van der Waals surface area contributed by atoms with Crippen molar-refractivity contribution in [3.05, 3.63) is 57.3 Å². The lowest BCUT2D eigenvalue weighted by atomic mass is 10.1. The van der Waals surface area contributed by atoms with Gasteiger partial charge in [-0.15, -0.1) is 0 Å². The molecule has 0 radical (unpaired) electrons. The number of aryl methyl sites for hydroxylation is 2. The van der Waals surface area contributed by atoms with Gasteiger partial charge in [-0.3, -0.25) is 14.9 Å². The molecule has 1 aromatic carbocycles. The average Bonchev–Trinajstić information content (AvgIpc) is 2.36. The molecule has 2 rings (SSSR count). The fourth-order valence-corrected chi connectivity index (χ4v) is 1.96. The molecular weight excluding hydrogens is 272 g/mol. The van der Waals surface area contributed by atoms with Gasteiger partial charge in [0.25, 0.3) is 11.6 Å². The van der Waals surface area contributed by atoms with Crippen molar-refractivity contribution in [2.45, 2.75) is 13.8 Å². The van der Waals surface area contributed by atoms with E-state index >= 15 is 0 Å². The Balaban J connectivity index is 2.24. The molecule has 1 amide bonds. The van der Waals surface area contributed by atoms with Gasteiger partial charge in [0, 0.05) is 17.3 Å². The largest absolute Gasteiger partial charge is 0.393 e. The fraction of sp³-hybridized carbons (Fsp3) is 0.143. The highest BCUT2D eigenvalue weighted by Gasteiger charge is 2.15. The SMILES string of the molecule is Cc1cc(C)nc(NC(=O)c2ccc([N+](=O)[O-])c(N)c2)c1. The van der Waals surface area contributed by atoms with Crippen molar-refractivity contribution in [2.75, 3.05) is 11.1 Å². The molecule has 0 fully saturated rings. The number of benzene rings is 1. The van der Waals surface area contributed by atoms with Crippen molar-refractivity contribution < 1.29 is 9.72 Å². The van der Waals surface area contributed by atoms with Crippen molar-refractivity contribution >= 4 is 23.1 Å². The van der Waals surface area contributed by atoms with Crippen LogP contribution >= 0.6 is 0 Å². The number of amides is 1. The Bertz CT molecular complexity index is 708. The summed E-state index contributed by atoms with van der Waals surface area (Å²) < 4.78 is 0. The number of hydrogen-bond donors (Lipinski definition) is 2. The van der Waals surface area contributed by atoms with E-state index in [-0.39, 0.29) is 16.9 Å². The quantitative estimate of drug-likeness (QED) is 0.511. The van der Waals surface area contributed by atoms with Crippen LogP contribution in [0, 0.1) is 24.0 Å². The van der Waals surface area contributed by atoms with Gasteiger partial charge in [-0.2, -0.15) is 0 Å². The second-order valence-electron chi connectivity index (χ2n) is 4.66. The van der Waals surface area contributed by atoms with Gasteiger partial charge in [-0.25, -0.2) is 4.98 Å². The maximum Gasteiger partial charge on any atom is 0.292 e. The Kier molecular flexibility index (Phi) is 3.84. The van der Waals surface area contributed by atoms with E-state index in [1.165, 1.54) is 18.2 Å². The number of nitrogen functional groups attached to an aromatic ring is 1. The van der Waals surface area contributed by atoms with Crippen LogP contribution in [0.2, 0.25) is 0 Å². The maximum atomic E-state index is 12.1. The van der Waals surface area contributed by atoms with E-state index in [2.05, 4.69) is 10.3 Å². The van der Waals surface area contributed by atoms with Crippen LogP contribution in [0.3, 0.4) is 0 Å². The zero-order valence-electron chi connectivity index (χ0n) is 11.6. The van der Waals surface area contributed by atoms with E-state index in [0.29, 0.717) is 5.82 Å². The monoisotopic (exact) mass is 286 g/mol. The van der Waals surface area contributed by atoms with Crippen LogP contribution in [0.1, 0.15) is 21.6 Å². The van der Waals surface area contributed by atoms with Crippen LogP contribution in [0.5, 0.6) is 0 Å². The summed E-state index contributed by atoms with van der Waals surface area (Å²) in [6, 6.07) is 7.46. The second kappa shape index (κ2) is 5.58. The summed E-state index contributed by atoms with van der Waals surface area (Å²) in [5.74, 6) is 0.00326. The first kappa shape index (κ1) is 14.4. The maximum absolute atomic E-state index is 12.1. The van der Waals surface area contributed by atoms with Gasteiger partial charge < -0.3 is 11.1 Å². The summed E-state index contributed by atoms with van der Waals surface area (Å²) in [7, 11) is 0. The number of nitrogens with one attached hydrogen (secondary N) is 1. The van der Waals surface area contributed by atoms with E-state index in [1.807, 2.05) is 19.9 Å². The first-order chi connectivity index (χ1) is 9.86. The van der Waals surface area contributed by atoms with Crippen LogP contribution in [0.15, 0.2) is 30.3 Å². The molecule has 2 aromatic rings. The molecule has 0 spiro atoms. The Labute approximate surface area is 121 Å². The molecule has 0 bridgehead atoms. The normalized spacial score (nSPS) is 10.2. The molecule has 1 heterocycles. The summed E-state index contributed by atoms with van der Waals surface area (Å²) in [4.78, 5) is 26.4. The Morgan fingerprint density at radius 3 is 2.57 bits per heavy atom. The van der Waals surface area contributed by atoms with Crippen LogP contribution < -0.4 is 11.1 Å². The smallest absolute Gasteiger partial charge is 0.292 e. The lowest BCUT2D eigenvalue weighted by Crippen LogP contribution is -2.14. The topological polar surface area (TPSA) is 111 Å². The third-order valence-corrected chi connectivity index (χ3v) is 2.83. The van der Waals surface area contributed by atoms with Gasteiger partial charge in [0.1, 0.15) is 11.5 Å². The molecule has 0 saturated carbocycles. The number of carbonyl (C=O) groups excluding carboxylic acids is 1. The van der Waals surface area contributed by atoms with Gasteiger partial charge >= 0.3 is 0 Å². The van der Waals surface area contributed by atoms with E-state index in [0.717, 1.165) is 11.3 Å². The van der Waals surface area contributed by atoms with Crippen molar-refractivity contribution in [1.82, 2.24) is 4.98 Å². The summed E-state index contributed by atoms with van der Waals surface area (Å²) >= 11 is 0. The first-order valence-corrected chi connectivity index (χ1v) is 6.17. The first-order valence-electron chi connectivity index (χ1n) is 6.17. The number of pyridine rings is 1. The third kappa shape index (κ3) is 3.33. The van der Waals surface area contributed by atoms with E-state index in [4.69, 9.17) is 5.73 Å². The molecule has 0 aliphatic carbocycles. The van der Waals surface area contributed by atoms with Crippen LogP contribution in [-0.2, 0) is 0 Å². The number of hydrogen-bond acceptors (Lipinski definition) is 5. The van der Waals surface area contributed by atoms with Crippen LogP contribution in [-0.4, -0.2) is 15.8 Å². The number of nitro benzene ring substituents is 1. The predicted octanol–water partition coefficient (Wildman–Crippen LogP) is 2.44. The number of rotatable bonds is 3. The van der Waals surface area contributed by atoms with Crippen molar-refractivity contribution in [3.63, 3.8) is 0 Å². The van der Waals surface area contributed by atoms with Crippen LogP contribution in [0.4, 0.5) is 17.2 Å². The van der Waals surface area contributed by atoms with E-state index < -0.39 is 10.8 Å². The van der Waals surface area contributed by atoms with Crippen molar-refractivity contribution in [1.29, 1.82) is 0 Å². The van der Waals surface area contributed by atoms with E-state index in [9.17, 15) is 14.9 Å². The molecule has 0 atom stereocenters. The Morgan fingerprint density at radius 1 is 1.29 bits per heavy atom. The van der Waals surface area contributed by atoms with Gasteiger partial charge in [0.2, 0.25) is 0 Å². The minimum Gasteiger partial charge on any atom is -0.393 e. The number of carbonyl (C=O) groups is 1. The fourth-order valence-electron chi connectivity index (χ4n) is 1.96. The average molecular weight is 286 g/mol. The zero-order chi connectivity index (χ0) is 15.6. The number of nitrogens with zero attached hydrogens (tertiary/aromatic N) is 2. The minimum absolute atomic E-state index is 0.0546. The summed E-state index contributed by atoms with van der Waals surface area (Å²) in [5.41, 5.74) is 7.28. The highest BCUT2D eigenvalue weighted by molar-refractivity contribution is 6.04. The number of nitrogens with two attached hydrogens (primary N) is 1. The lowest BCUT2D eigenvalue weighted by Gasteiger charge is -2.07. The number of aromatic nitrogens is 1. The second-order valence-corrected chi connectivity index (χ2v) is 4.66. The van der Waals surface area contributed by atoms with Gasteiger partial charge in [-0.05, 0) is 43.7 Å². The summed E-state index contributed by atoms with van der Waals surface area (Å²) in [6.07, 6.45) is 0. The minimum atomic E-state index is -0.595. The standard InChI is InChI=1S/C14H14N4O3/c1-8-5-9(2)16-13(6-8)17-14(19)10-3-4-12(18(20)21)11(15)7-10/h3-7H,15H2,1-2H3,(H,16,17,19). The molecule has 21 heavy (non-hydrogen) atoms. The molecule has 7 heteroatoms. The molecule has 0 unspecified atom stereocenters. The highest BCUT2D eigenvalue weighted by Crippen LogP contribution is 2.22. The zero-order valence-corrected chi connectivity index (χ0v) is 11.6. The molecule has 0 aliphatic heterocycles. The Hall–Kier alpha value is -2.96. The van der Waals surface area contributed by atoms with Gasteiger partial charge in [0.15, 0.2) is 0 Å². The molecule has 7 nitrogen and oxygen atoms in total.